The van der Waals surface area contributed by atoms with Crippen molar-refractivity contribution in [3.05, 3.63) is 16.0 Å². The van der Waals surface area contributed by atoms with Crippen molar-refractivity contribution in [1.82, 2.24) is 4.90 Å². The van der Waals surface area contributed by atoms with Crippen LogP contribution in [-0.2, 0) is 0 Å². The first-order valence-electron chi connectivity index (χ1n) is 6.07. The molecule has 1 aromatic rings. The zero-order valence-corrected chi connectivity index (χ0v) is 11.7. The third-order valence-electron chi connectivity index (χ3n) is 3.59. The van der Waals surface area contributed by atoms with Crippen LogP contribution >= 0.6 is 11.3 Å². The van der Waals surface area contributed by atoms with Gasteiger partial charge in [0, 0.05) is 19.0 Å². The molecule has 3 nitrogen and oxygen atoms in total. The van der Waals surface area contributed by atoms with Crippen molar-refractivity contribution in [1.29, 1.82) is 0 Å². The molecule has 0 saturated carbocycles. The molecule has 0 saturated heterocycles. The normalized spacial score (nSPS) is 23.3. The number of nitrogens with zero attached hydrogens (tertiary/aromatic N) is 1. The van der Waals surface area contributed by atoms with Gasteiger partial charge in [0.25, 0.3) is 5.91 Å². The van der Waals surface area contributed by atoms with Gasteiger partial charge in [0.1, 0.15) is 0 Å². The van der Waals surface area contributed by atoms with Gasteiger partial charge in [-0.15, -0.1) is 11.3 Å². The molecule has 2 rings (SSSR count). The van der Waals surface area contributed by atoms with Crippen LogP contribution in [0, 0.1) is 0 Å². The predicted octanol–water partition coefficient (Wildman–Crippen LogP) is 3.03. The van der Waals surface area contributed by atoms with Gasteiger partial charge in [0.15, 0.2) is 0 Å². The average molecular weight is 252 g/mol. The molecule has 2 unspecified atom stereocenters. The van der Waals surface area contributed by atoms with E-state index in [4.69, 9.17) is 5.73 Å². The van der Waals surface area contributed by atoms with Crippen molar-refractivity contribution in [2.24, 2.45) is 0 Å². The fourth-order valence-electron chi connectivity index (χ4n) is 2.56. The third-order valence-corrected chi connectivity index (χ3v) is 4.86. The summed E-state index contributed by atoms with van der Waals surface area (Å²) >= 11 is 1.60. The zero-order valence-electron chi connectivity index (χ0n) is 10.9. The van der Waals surface area contributed by atoms with E-state index in [0.29, 0.717) is 16.8 Å². The number of anilines is 1. The van der Waals surface area contributed by atoms with Crippen LogP contribution in [0.2, 0.25) is 0 Å². The Balaban J connectivity index is 2.57. The second-order valence-electron chi connectivity index (χ2n) is 5.20. The predicted molar refractivity (Wildman–Crippen MR) is 72.8 cm³/mol. The number of hydrogen-bond donors (Lipinski definition) is 1. The second-order valence-corrected chi connectivity index (χ2v) is 6.28. The molecule has 0 spiro atoms. The van der Waals surface area contributed by atoms with Crippen molar-refractivity contribution < 1.29 is 4.79 Å². The molecule has 2 atom stereocenters. The maximum Gasteiger partial charge on any atom is 0.256 e. The SMILES string of the molecule is CC1CCC(C)c2c1sc(N)c2C(=O)N(C)C. The summed E-state index contributed by atoms with van der Waals surface area (Å²) in [7, 11) is 3.56. The Morgan fingerprint density at radius 3 is 2.47 bits per heavy atom. The number of amides is 1. The number of carbonyl (C=O) groups is 1. The van der Waals surface area contributed by atoms with Gasteiger partial charge < -0.3 is 10.6 Å². The van der Waals surface area contributed by atoms with Crippen LogP contribution in [0.4, 0.5) is 5.00 Å². The lowest BCUT2D eigenvalue weighted by Gasteiger charge is -2.25. The van der Waals surface area contributed by atoms with E-state index in [9.17, 15) is 4.79 Å². The molecule has 4 heteroatoms. The average Bonchev–Trinajstić information content (AvgIpc) is 2.61. The number of thiophene rings is 1. The molecule has 1 aliphatic rings. The standard InChI is InChI=1S/C13H20N2OS/c1-7-5-6-8(2)11-9(7)10(12(14)17-11)13(16)15(3)4/h7-8H,5-6,14H2,1-4H3. The summed E-state index contributed by atoms with van der Waals surface area (Å²) in [5, 5.41) is 0.689. The molecule has 1 aliphatic carbocycles. The van der Waals surface area contributed by atoms with Gasteiger partial charge in [-0.3, -0.25) is 4.79 Å². The van der Waals surface area contributed by atoms with Gasteiger partial charge >= 0.3 is 0 Å². The van der Waals surface area contributed by atoms with Crippen LogP contribution in [0.3, 0.4) is 0 Å². The van der Waals surface area contributed by atoms with Crippen molar-refractivity contribution in [2.45, 2.75) is 38.5 Å². The molecule has 0 radical (unpaired) electrons. The molecule has 1 heterocycles. The first kappa shape index (κ1) is 12.4. The quantitative estimate of drug-likeness (QED) is 0.835. The van der Waals surface area contributed by atoms with Crippen molar-refractivity contribution in [3.8, 4) is 0 Å². The second kappa shape index (κ2) is 4.33. The van der Waals surface area contributed by atoms with E-state index in [0.717, 1.165) is 12.0 Å². The van der Waals surface area contributed by atoms with Crippen LogP contribution in [0.25, 0.3) is 0 Å². The highest BCUT2D eigenvalue weighted by Crippen LogP contribution is 2.47. The molecule has 17 heavy (non-hydrogen) atoms. The molecule has 0 bridgehead atoms. The lowest BCUT2D eigenvalue weighted by Crippen LogP contribution is -2.24. The van der Waals surface area contributed by atoms with E-state index in [-0.39, 0.29) is 5.91 Å². The molecule has 0 fully saturated rings. The molecule has 94 valence electrons. The Labute approximate surface area is 107 Å². The zero-order chi connectivity index (χ0) is 12.7. The number of nitrogen functional groups attached to an aromatic ring is 1. The number of fused-ring (bicyclic) bond motifs is 1. The fraction of sp³-hybridized carbons (Fsp3) is 0.615. The van der Waals surface area contributed by atoms with Gasteiger partial charge in [-0.25, -0.2) is 0 Å². The maximum atomic E-state index is 12.2. The van der Waals surface area contributed by atoms with Crippen LogP contribution < -0.4 is 5.73 Å². The Morgan fingerprint density at radius 1 is 1.29 bits per heavy atom. The lowest BCUT2D eigenvalue weighted by molar-refractivity contribution is 0.0827. The molecular formula is C13H20N2OS. The highest BCUT2D eigenvalue weighted by Gasteiger charge is 2.31. The summed E-state index contributed by atoms with van der Waals surface area (Å²) in [6.07, 6.45) is 2.35. The van der Waals surface area contributed by atoms with E-state index in [1.165, 1.54) is 16.9 Å². The van der Waals surface area contributed by atoms with Crippen molar-refractivity contribution in [2.75, 3.05) is 19.8 Å². The lowest BCUT2D eigenvalue weighted by atomic mass is 9.81. The van der Waals surface area contributed by atoms with Crippen LogP contribution in [-0.4, -0.2) is 24.9 Å². The number of carbonyl (C=O) groups excluding carboxylic acids is 1. The molecule has 1 amide bonds. The topological polar surface area (TPSA) is 46.3 Å². The maximum absolute atomic E-state index is 12.2. The van der Waals surface area contributed by atoms with Gasteiger partial charge in [-0.05, 0) is 30.2 Å². The van der Waals surface area contributed by atoms with Gasteiger partial charge in [-0.1, -0.05) is 13.8 Å². The minimum absolute atomic E-state index is 0.0425. The van der Waals surface area contributed by atoms with Gasteiger partial charge in [0.05, 0.1) is 10.6 Å². The van der Waals surface area contributed by atoms with Crippen LogP contribution in [0.1, 0.15) is 59.3 Å². The summed E-state index contributed by atoms with van der Waals surface area (Å²) in [6.45, 7) is 4.42. The fourth-order valence-corrected chi connectivity index (χ4v) is 3.82. The first-order chi connectivity index (χ1) is 7.93. The summed E-state index contributed by atoms with van der Waals surface area (Å²) < 4.78 is 0. The third kappa shape index (κ3) is 1.95. The number of nitrogens with two attached hydrogens (primary N) is 1. The molecule has 1 aromatic heterocycles. The van der Waals surface area contributed by atoms with Gasteiger partial charge in [0.2, 0.25) is 0 Å². The van der Waals surface area contributed by atoms with Crippen molar-refractivity contribution in [3.63, 3.8) is 0 Å². The Hall–Kier alpha value is -1.03. The Morgan fingerprint density at radius 2 is 1.88 bits per heavy atom. The summed E-state index contributed by atoms with van der Waals surface area (Å²) in [5.74, 6) is 1.03. The monoisotopic (exact) mass is 252 g/mol. The van der Waals surface area contributed by atoms with E-state index < -0.39 is 0 Å². The first-order valence-corrected chi connectivity index (χ1v) is 6.88. The van der Waals surface area contributed by atoms with E-state index in [1.54, 1.807) is 30.3 Å². The molecule has 0 aliphatic heterocycles. The minimum atomic E-state index is 0.0425. The number of hydrogen-bond acceptors (Lipinski definition) is 3. The Bertz CT molecular complexity index is 451. The van der Waals surface area contributed by atoms with Crippen LogP contribution in [0.5, 0.6) is 0 Å². The van der Waals surface area contributed by atoms with E-state index in [2.05, 4.69) is 13.8 Å². The van der Waals surface area contributed by atoms with E-state index >= 15 is 0 Å². The highest BCUT2D eigenvalue weighted by atomic mass is 32.1. The van der Waals surface area contributed by atoms with E-state index in [1.807, 2.05) is 0 Å². The minimum Gasteiger partial charge on any atom is -0.390 e. The largest absolute Gasteiger partial charge is 0.390 e. The molecule has 0 aromatic carbocycles. The smallest absolute Gasteiger partial charge is 0.256 e. The highest BCUT2D eigenvalue weighted by molar-refractivity contribution is 7.16. The summed E-state index contributed by atoms with van der Waals surface area (Å²) in [6, 6.07) is 0. The summed E-state index contributed by atoms with van der Waals surface area (Å²) in [4.78, 5) is 15.1. The molecular weight excluding hydrogens is 232 g/mol. The summed E-state index contributed by atoms with van der Waals surface area (Å²) in [5.41, 5.74) is 8.03. The van der Waals surface area contributed by atoms with Crippen LogP contribution in [0.15, 0.2) is 0 Å². The molecule has 2 N–H and O–H groups in total. The number of rotatable bonds is 1. The van der Waals surface area contributed by atoms with Crippen molar-refractivity contribution >= 4 is 22.2 Å². The Kier molecular flexibility index (Phi) is 3.17. The van der Waals surface area contributed by atoms with Gasteiger partial charge in [-0.2, -0.15) is 0 Å².